The maximum atomic E-state index is 10.6. The molecule has 0 aromatic rings. The van der Waals surface area contributed by atoms with Gasteiger partial charge in [0, 0.05) is 13.5 Å². The number of aliphatic carboxylic acids is 1. The largest absolute Gasteiger partial charge is 0.480 e. The van der Waals surface area contributed by atoms with Gasteiger partial charge in [-0.1, -0.05) is 0 Å². The molecule has 1 aliphatic rings. The van der Waals surface area contributed by atoms with E-state index in [9.17, 15) is 9.59 Å². The highest BCUT2D eigenvalue weighted by Gasteiger charge is 2.39. The van der Waals surface area contributed by atoms with Crippen LogP contribution >= 0.6 is 0 Å². The number of hydrogen-bond acceptors (Lipinski definition) is 3. The highest BCUT2D eigenvalue weighted by molar-refractivity contribution is 5.80. The maximum Gasteiger partial charge on any atom is 0.408 e. The number of amides is 1. The summed E-state index contributed by atoms with van der Waals surface area (Å²) in [6.07, 6.45) is -1.30. The van der Waals surface area contributed by atoms with Crippen LogP contribution in [0.3, 0.4) is 0 Å². The Kier molecular flexibility index (Phi) is 2.72. The van der Waals surface area contributed by atoms with Gasteiger partial charge in [0.15, 0.2) is 0 Å². The zero-order valence-corrected chi connectivity index (χ0v) is 7.14. The summed E-state index contributed by atoms with van der Waals surface area (Å²) in [5, 5.41) is 17.3. The van der Waals surface area contributed by atoms with Gasteiger partial charge in [0.25, 0.3) is 0 Å². The predicted octanol–water partition coefficient (Wildman–Crippen LogP) is -0.162. The number of carboxylic acid groups (broad SMARTS) is 2. The first-order valence-corrected chi connectivity index (χ1v) is 3.81. The number of methoxy groups -OCH3 is 1. The molecular formula is C7H11NO5. The summed E-state index contributed by atoms with van der Waals surface area (Å²) in [6, 6.07) is -0.970. The van der Waals surface area contributed by atoms with Gasteiger partial charge in [-0.3, -0.25) is 4.90 Å². The topological polar surface area (TPSA) is 87.1 Å². The Balaban J connectivity index is 2.71. The molecule has 2 N–H and O–H groups in total. The van der Waals surface area contributed by atoms with Crippen LogP contribution in [-0.2, 0) is 9.53 Å². The van der Waals surface area contributed by atoms with Crippen molar-refractivity contribution >= 4 is 12.1 Å². The van der Waals surface area contributed by atoms with Crippen molar-refractivity contribution in [2.45, 2.75) is 18.6 Å². The van der Waals surface area contributed by atoms with Gasteiger partial charge >= 0.3 is 12.1 Å². The number of rotatable bonds is 2. The second-order valence-electron chi connectivity index (χ2n) is 2.88. The van der Waals surface area contributed by atoms with Gasteiger partial charge in [-0.05, 0) is 0 Å². The maximum absolute atomic E-state index is 10.6. The van der Waals surface area contributed by atoms with E-state index in [-0.39, 0.29) is 19.1 Å². The van der Waals surface area contributed by atoms with E-state index >= 15 is 0 Å². The molecule has 2 atom stereocenters. The first kappa shape index (κ1) is 9.79. The fraction of sp³-hybridized carbons (Fsp3) is 0.714. The van der Waals surface area contributed by atoms with E-state index in [0.717, 1.165) is 4.90 Å². The highest BCUT2D eigenvalue weighted by atomic mass is 16.5. The van der Waals surface area contributed by atoms with Crippen molar-refractivity contribution in [1.29, 1.82) is 0 Å². The average molecular weight is 189 g/mol. The molecule has 1 aliphatic heterocycles. The summed E-state index contributed by atoms with van der Waals surface area (Å²) < 4.78 is 4.90. The molecule has 0 aromatic heterocycles. The minimum absolute atomic E-state index is 0.128. The third-order valence-electron chi connectivity index (χ3n) is 2.13. The van der Waals surface area contributed by atoms with Crippen LogP contribution in [0.4, 0.5) is 4.79 Å². The van der Waals surface area contributed by atoms with E-state index in [1.165, 1.54) is 7.11 Å². The van der Waals surface area contributed by atoms with E-state index in [4.69, 9.17) is 14.9 Å². The van der Waals surface area contributed by atoms with E-state index < -0.39 is 18.1 Å². The first-order valence-electron chi connectivity index (χ1n) is 3.81. The molecule has 1 saturated heterocycles. The standard InChI is InChI=1S/C7H11NO5/c1-13-4-2-5(6(9)10)8(3-4)7(11)12/h4-5H,2-3H2,1H3,(H,9,10)(H,11,12)/t4-,5-/m0/s1. The lowest BCUT2D eigenvalue weighted by molar-refractivity contribution is -0.141. The molecule has 0 radical (unpaired) electrons. The molecule has 6 nitrogen and oxygen atoms in total. The summed E-state index contributed by atoms with van der Waals surface area (Å²) in [5.74, 6) is -1.12. The zero-order valence-electron chi connectivity index (χ0n) is 7.14. The van der Waals surface area contributed by atoms with Gasteiger partial charge in [0.1, 0.15) is 6.04 Å². The summed E-state index contributed by atoms with van der Waals surface area (Å²) >= 11 is 0. The normalized spacial score (nSPS) is 27.6. The van der Waals surface area contributed by atoms with Crippen LogP contribution < -0.4 is 0 Å². The minimum atomic E-state index is -1.22. The van der Waals surface area contributed by atoms with Gasteiger partial charge in [0.05, 0.1) is 12.6 Å². The second kappa shape index (κ2) is 3.61. The lowest BCUT2D eigenvalue weighted by atomic mass is 10.2. The molecule has 0 aromatic carbocycles. The van der Waals surface area contributed by atoms with Crippen LogP contribution in [-0.4, -0.2) is 53.0 Å². The van der Waals surface area contributed by atoms with Gasteiger partial charge in [-0.25, -0.2) is 9.59 Å². The number of carboxylic acids is 1. The Morgan fingerprint density at radius 3 is 2.38 bits per heavy atom. The molecule has 1 fully saturated rings. The Morgan fingerprint density at radius 1 is 1.46 bits per heavy atom. The predicted molar refractivity (Wildman–Crippen MR) is 41.6 cm³/mol. The summed E-state index contributed by atoms with van der Waals surface area (Å²) in [7, 11) is 1.44. The molecule has 0 unspecified atom stereocenters. The zero-order chi connectivity index (χ0) is 10.0. The van der Waals surface area contributed by atoms with Crippen molar-refractivity contribution in [3.05, 3.63) is 0 Å². The molecule has 13 heavy (non-hydrogen) atoms. The van der Waals surface area contributed by atoms with E-state index in [1.807, 2.05) is 0 Å². The lowest BCUT2D eigenvalue weighted by Crippen LogP contribution is -2.39. The van der Waals surface area contributed by atoms with Crippen molar-refractivity contribution in [3.8, 4) is 0 Å². The van der Waals surface area contributed by atoms with Crippen molar-refractivity contribution in [3.63, 3.8) is 0 Å². The molecule has 1 amide bonds. The van der Waals surface area contributed by atoms with Crippen LogP contribution in [0.2, 0.25) is 0 Å². The molecular weight excluding hydrogens is 178 g/mol. The fourth-order valence-corrected chi connectivity index (χ4v) is 1.41. The molecule has 0 spiro atoms. The van der Waals surface area contributed by atoms with Gasteiger partial charge < -0.3 is 14.9 Å². The van der Waals surface area contributed by atoms with Gasteiger partial charge in [-0.2, -0.15) is 0 Å². The fourth-order valence-electron chi connectivity index (χ4n) is 1.41. The number of ether oxygens (including phenoxy) is 1. The number of hydrogen-bond donors (Lipinski definition) is 2. The van der Waals surface area contributed by atoms with Crippen molar-refractivity contribution in [1.82, 2.24) is 4.90 Å². The quantitative estimate of drug-likeness (QED) is 0.630. The van der Waals surface area contributed by atoms with Crippen LogP contribution in [0.25, 0.3) is 0 Å². The van der Waals surface area contributed by atoms with Crippen molar-refractivity contribution in [2.75, 3.05) is 13.7 Å². The SMILES string of the molecule is CO[C@H]1C[C@@H](C(=O)O)N(C(=O)O)C1. The van der Waals surface area contributed by atoms with Gasteiger partial charge in [0.2, 0.25) is 0 Å². The molecule has 6 heteroatoms. The van der Waals surface area contributed by atoms with Gasteiger partial charge in [-0.15, -0.1) is 0 Å². The number of carbonyl (C=O) groups is 2. The number of nitrogens with zero attached hydrogens (tertiary/aromatic N) is 1. The van der Waals surface area contributed by atoms with E-state index in [2.05, 4.69) is 0 Å². The third kappa shape index (κ3) is 1.89. The van der Waals surface area contributed by atoms with E-state index in [0.29, 0.717) is 0 Å². The Hall–Kier alpha value is -1.30. The highest BCUT2D eigenvalue weighted by Crippen LogP contribution is 2.19. The smallest absolute Gasteiger partial charge is 0.408 e. The summed E-state index contributed by atoms with van der Waals surface area (Å²) in [4.78, 5) is 22.1. The molecule has 74 valence electrons. The lowest BCUT2D eigenvalue weighted by Gasteiger charge is -2.16. The summed E-state index contributed by atoms with van der Waals surface area (Å²) in [6.45, 7) is 0.128. The van der Waals surface area contributed by atoms with Crippen LogP contribution in [0.15, 0.2) is 0 Å². The monoisotopic (exact) mass is 189 g/mol. The molecule has 1 heterocycles. The molecule has 0 aliphatic carbocycles. The first-order chi connectivity index (χ1) is 6.06. The molecule has 0 saturated carbocycles. The third-order valence-corrected chi connectivity index (χ3v) is 2.13. The van der Waals surface area contributed by atoms with Crippen molar-refractivity contribution < 1.29 is 24.5 Å². The molecule has 0 bridgehead atoms. The number of likely N-dealkylation sites (tertiary alicyclic amines) is 1. The Labute approximate surface area is 74.7 Å². The Bertz CT molecular complexity index is 207. The van der Waals surface area contributed by atoms with Crippen LogP contribution in [0.5, 0.6) is 0 Å². The minimum Gasteiger partial charge on any atom is -0.480 e. The average Bonchev–Trinajstić information content (AvgIpc) is 2.47. The molecule has 1 rings (SSSR count). The van der Waals surface area contributed by atoms with Crippen molar-refractivity contribution in [2.24, 2.45) is 0 Å². The second-order valence-corrected chi connectivity index (χ2v) is 2.88. The summed E-state index contributed by atoms with van der Waals surface area (Å²) in [5.41, 5.74) is 0. The van der Waals surface area contributed by atoms with Crippen LogP contribution in [0.1, 0.15) is 6.42 Å². The van der Waals surface area contributed by atoms with Crippen LogP contribution in [0, 0.1) is 0 Å². The van der Waals surface area contributed by atoms with E-state index in [1.54, 1.807) is 0 Å². The Morgan fingerprint density at radius 2 is 2.08 bits per heavy atom.